The predicted molar refractivity (Wildman–Crippen MR) is 77.6 cm³/mol. The summed E-state index contributed by atoms with van der Waals surface area (Å²) in [5.74, 6) is -0.167. The predicted octanol–water partition coefficient (Wildman–Crippen LogP) is 0.947. The SMILES string of the molecule is CC[C@H](CNS(C)(=O)=O)c1nc2[nH]c(=O)[nH]c2cc1Cl. The van der Waals surface area contributed by atoms with Crippen LogP contribution in [0.1, 0.15) is 25.0 Å². The van der Waals surface area contributed by atoms with E-state index in [9.17, 15) is 13.2 Å². The zero-order chi connectivity index (χ0) is 14.9. The third kappa shape index (κ3) is 3.38. The van der Waals surface area contributed by atoms with E-state index in [-0.39, 0.29) is 18.2 Å². The Hall–Kier alpha value is -1.38. The molecule has 2 heterocycles. The number of aromatic nitrogens is 3. The van der Waals surface area contributed by atoms with Gasteiger partial charge >= 0.3 is 5.69 Å². The fourth-order valence-electron chi connectivity index (χ4n) is 1.93. The van der Waals surface area contributed by atoms with Crippen molar-refractivity contribution >= 4 is 32.8 Å². The second kappa shape index (κ2) is 5.55. The number of aromatic amines is 2. The molecule has 0 fully saturated rings. The van der Waals surface area contributed by atoms with E-state index in [0.29, 0.717) is 28.3 Å². The van der Waals surface area contributed by atoms with Gasteiger partial charge in [0.15, 0.2) is 5.65 Å². The van der Waals surface area contributed by atoms with Crippen molar-refractivity contribution in [1.82, 2.24) is 19.7 Å². The van der Waals surface area contributed by atoms with E-state index in [0.717, 1.165) is 6.26 Å². The van der Waals surface area contributed by atoms with Gasteiger partial charge in [-0.3, -0.25) is 4.98 Å². The lowest BCUT2D eigenvalue weighted by Crippen LogP contribution is -2.27. The minimum absolute atomic E-state index is 0.167. The number of nitrogens with one attached hydrogen (secondary N) is 3. The van der Waals surface area contributed by atoms with Gasteiger partial charge in [0.25, 0.3) is 0 Å². The van der Waals surface area contributed by atoms with E-state index in [4.69, 9.17) is 11.6 Å². The summed E-state index contributed by atoms with van der Waals surface area (Å²) in [5.41, 5.74) is 1.14. The average molecular weight is 319 g/mol. The lowest BCUT2D eigenvalue weighted by atomic mass is 10.0. The van der Waals surface area contributed by atoms with Gasteiger partial charge in [-0.1, -0.05) is 18.5 Å². The number of H-pyrrole nitrogens is 2. The zero-order valence-electron chi connectivity index (χ0n) is 11.0. The van der Waals surface area contributed by atoms with E-state index < -0.39 is 10.0 Å². The summed E-state index contributed by atoms with van der Waals surface area (Å²) in [5, 5.41) is 0.398. The Kier molecular flexibility index (Phi) is 4.17. The second-order valence-corrected chi connectivity index (χ2v) is 6.80. The second-order valence-electron chi connectivity index (χ2n) is 4.56. The van der Waals surface area contributed by atoms with E-state index in [2.05, 4.69) is 19.7 Å². The van der Waals surface area contributed by atoms with Gasteiger partial charge in [-0.15, -0.1) is 0 Å². The van der Waals surface area contributed by atoms with E-state index in [1.165, 1.54) is 0 Å². The van der Waals surface area contributed by atoms with Crippen LogP contribution in [-0.4, -0.2) is 36.2 Å². The van der Waals surface area contributed by atoms with Crippen molar-refractivity contribution in [3.05, 3.63) is 27.3 Å². The Labute approximate surface area is 120 Å². The molecule has 0 aliphatic carbocycles. The molecule has 9 heteroatoms. The molecular formula is C11H15ClN4O3S. The minimum atomic E-state index is -3.27. The summed E-state index contributed by atoms with van der Waals surface area (Å²) < 4.78 is 24.8. The molecule has 20 heavy (non-hydrogen) atoms. The molecule has 110 valence electrons. The highest BCUT2D eigenvalue weighted by Gasteiger charge is 2.18. The molecule has 2 aromatic heterocycles. The third-order valence-electron chi connectivity index (χ3n) is 2.95. The van der Waals surface area contributed by atoms with Crippen molar-refractivity contribution in [2.24, 2.45) is 0 Å². The maximum atomic E-state index is 11.2. The average Bonchev–Trinajstić information content (AvgIpc) is 2.67. The number of imidazole rings is 1. The summed E-state index contributed by atoms with van der Waals surface area (Å²) in [6, 6.07) is 1.61. The molecular weight excluding hydrogens is 304 g/mol. The third-order valence-corrected chi connectivity index (χ3v) is 3.95. The van der Waals surface area contributed by atoms with Crippen LogP contribution in [0.25, 0.3) is 11.2 Å². The van der Waals surface area contributed by atoms with Crippen molar-refractivity contribution in [2.45, 2.75) is 19.3 Å². The molecule has 0 unspecified atom stereocenters. The van der Waals surface area contributed by atoms with Gasteiger partial charge in [0, 0.05) is 12.5 Å². The Balaban J connectivity index is 2.38. The molecule has 0 aliphatic rings. The molecule has 7 nitrogen and oxygen atoms in total. The van der Waals surface area contributed by atoms with Gasteiger partial charge in [0.1, 0.15) is 0 Å². The summed E-state index contributed by atoms with van der Waals surface area (Å²) in [6.45, 7) is 2.12. The van der Waals surface area contributed by atoms with Gasteiger partial charge in [0.2, 0.25) is 10.0 Å². The number of sulfonamides is 1. The maximum Gasteiger partial charge on any atom is 0.325 e. The fourth-order valence-corrected chi connectivity index (χ4v) is 2.74. The molecule has 1 atom stereocenters. The number of fused-ring (bicyclic) bond motifs is 1. The van der Waals surface area contributed by atoms with Crippen LogP contribution < -0.4 is 10.4 Å². The van der Waals surface area contributed by atoms with Crippen LogP contribution in [0.5, 0.6) is 0 Å². The number of nitrogens with zero attached hydrogens (tertiary/aromatic N) is 1. The first-order chi connectivity index (χ1) is 9.30. The Morgan fingerprint density at radius 1 is 1.45 bits per heavy atom. The Bertz CT molecular complexity index is 781. The molecule has 0 bridgehead atoms. The zero-order valence-corrected chi connectivity index (χ0v) is 12.6. The highest BCUT2D eigenvalue weighted by Crippen LogP contribution is 2.27. The minimum Gasteiger partial charge on any atom is -0.304 e. The Morgan fingerprint density at radius 2 is 2.15 bits per heavy atom. The summed E-state index contributed by atoms with van der Waals surface area (Å²) in [7, 11) is -3.27. The molecule has 2 rings (SSSR count). The van der Waals surface area contributed by atoms with Gasteiger partial charge in [0.05, 0.1) is 22.5 Å². The van der Waals surface area contributed by atoms with Crippen LogP contribution in [0, 0.1) is 0 Å². The number of halogens is 1. The number of rotatable bonds is 5. The molecule has 2 aromatic rings. The first-order valence-electron chi connectivity index (χ1n) is 6.03. The molecule has 0 saturated carbocycles. The molecule has 0 radical (unpaired) electrons. The van der Waals surface area contributed by atoms with Crippen LogP contribution in [-0.2, 0) is 10.0 Å². The van der Waals surface area contributed by atoms with Crippen molar-refractivity contribution < 1.29 is 8.42 Å². The molecule has 0 aliphatic heterocycles. The van der Waals surface area contributed by atoms with E-state index in [1.54, 1.807) is 6.07 Å². The summed E-state index contributed by atoms with van der Waals surface area (Å²) >= 11 is 6.16. The van der Waals surface area contributed by atoms with Gasteiger partial charge in [-0.05, 0) is 12.5 Å². The summed E-state index contributed by atoms with van der Waals surface area (Å²) in [4.78, 5) is 20.7. The van der Waals surface area contributed by atoms with Crippen LogP contribution in [0.3, 0.4) is 0 Å². The topological polar surface area (TPSA) is 108 Å². The van der Waals surface area contributed by atoms with Crippen molar-refractivity contribution in [3.8, 4) is 0 Å². The quantitative estimate of drug-likeness (QED) is 0.762. The number of pyridine rings is 1. The first-order valence-corrected chi connectivity index (χ1v) is 8.30. The number of hydrogen-bond donors (Lipinski definition) is 3. The molecule has 0 amide bonds. The summed E-state index contributed by atoms with van der Waals surface area (Å²) in [6.07, 6.45) is 1.76. The highest BCUT2D eigenvalue weighted by atomic mass is 35.5. The molecule has 0 spiro atoms. The lowest BCUT2D eigenvalue weighted by molar-refractivity contribution is 0.568. The standard InChI is InChI=1S/C11H15ClN4O3S/c1-3-6(5-13-20(2,18)19)9-7(12)4-8-10(15-9)16-11(17)14-8/h4,6,13H,3,5H2,1-2H3,(H2,14,15,16,17)/t6-/m1/s1. The van der Waals surface area contributed by atoms with E-state index >= 15 is 0 Å². The van der Waals surface area contributed by atoms with Gasteiger partial charge in [-0.25, -0.2) is 22.9 Å². The highest BCUT2D eigenvalue weighted by molar-refractivity contribution is 7.88. The molecule has 0 aromatic carbocycles. The van der Waals surface area contributed by atoms with Crippen molar-refractivity contribution in [3.63, 3.8) is 0 Å². The first kappa shape index (κ1) is 15.0. The van der Waals surface area contributed by atoms with Crippen molar-refractivity contribution in [1.29, 1.82) is 0 Å². The van der Waals surface area contributed by atoms with Crippen LogP contribution in [0.4, 0.5) is 0 Å². The monoisotopic (exact) mass is 318 g/mol. The molecule has 3 N–H and O–H groups in total. The maximum absolute atomic E-state index is 11.2. The lowest BCUT2D eigenvalue weighted by Gasteiger charge is -2.15. The number of hydrogen-bond acceptors (Lipinski definition) is 4. The molecule has 0 saturated heterocycles. The smallest absolute Gasteiger partial charge is 0.304 e. The largest absolute Gasteiger partial charge is 0.325 e. The van der Waals surface area contributed by atoms with Crippen LogP contribution in [0.2, 0.25) is 5.02 Å². The Morgan fingerprint density at radius 3 is 2.75 bits per heavy atom. The van der Waals surface area contributed by atoms with Crippen LogP contribution in [0.15, 0.2) is 10.9 Å². The van der Waals surface area contributed by atoms with E-state index in [1.807, 2.05) is 6.92 Å². The van der Waals surface area contributed by atoms with Crippen molar-refractivity contribution in [2.75, 3.05) is 12.8 Å². The van der Waals surface area contributed by atoms with Crippen LogP contribution >= 0.6 is 11.6 Å². The van der Waals surface area contributed by atoms with Gasteiger partial charge < -0.3 is 4.98 Å². The van der Waals surface area contributed by atoms with Gasteiger partial charge in [-0.2, -0.15) is 0 Å². The fraction of sp³-hybridized carbons (Fsp3) is 0.455. The normalized spacial score (nSPS) is 13.8.